The Hall–Kier alpha value is -2.80. The minimum atomic E-state index is -0.354. The lowest BCUT2D eigenvalue weighted by Crippen LogP contribution is -2.31. The molecule has 0 aliphatic heterocycles. The molecule has 4 nitrogen and oxygen atoms in total. The Morgan fingerprint density at radius 3 is 2.30 bits per heavy atom. The predicted octanol–water partition coefficient (Wildman–Crippen LogP) is 3.00. The van der Waals surface area contributed by atoms with Crippen molar-refractivity contribution < 1.29 is 4.79 Å². The van der Waals surface area contributed by atoms with Crippen molar-refractivity contribution in [2.45, 2.75) is 13.0 Å². The van der Waals surface area contributed by atoms with Gasteiger partial charge in [-0.2, -0.15) is 5.26 Å². The van der Waals surface area contributed by atoms with E-state index in [-0.39, 0.29) is 11.9 Å². The van der Waals surface area contributed by atoms with Crippen LogP contribution in [0.2, 0.25) is 0 Å². The molecule has 2 rings (SSSR count). The Bertz CT molecular complexity index is 614. The standard InChI is InChI=1S/C16H15N3O/c1-12(18-14-5-3-2-4-6-14)16(20)19-15-9-7-13(11-17)8-10-15/h2-10,12,18H,1H3,(H,19,20)/t12-/m1/s1. The third kappa shape index (κ3) is 3.59. The predicted molar refractivity (Wildman–Crippen MR) is 79.3 cm³/mol. The van der Waals surface area contributed by atoms with Crippen LogP contribution in [0.15, 0.2) is 54.6 Å². The highest BCUT2D eigenvalue weighted by molar-refractivity contribution is 5.96. The molecular weight excluding hydrogens is 250 g/mol. The number of amides is 1. The molecule has 20 heavy (non-hydrogen) atoms. The van der Waals surface area contributed by atoms with Gasteiger partial charge in [-0.15, -0.1) is 0 Å². The smallest absolute Gasteiger partial charge is 0.246 e. The summed E-state index contributed by atoms with van der Waals surface area (Å²) < 4.78 is 0. The fraction of sp³-hybridized carbons (Fsp3) is 0.125. The minimum Gasteiger partial charge on any atom is -0.374 e. The Morgan fingerprint density at radius 2 is 1.70 bits per heavy atom. The zero-order valence-electron chi connectivity index (χ0n) is 11.1. The average Bonchev–Trinajstić information content (AvgIpc) is 2.49. The summed E-state index contributed by atoms with van der Waals surface area (Å²) in [7, 11) is 0. The second-order valence-corrected chi connectivity index (χ2v) is 4.41. The highest BCUT2D eigenvalue weighted by Gasteiger charge is 2.12. The number of para-hydroxylation sites is 1. The molecule has 1 amide bonds. The number of benzene rings is 2. The maximum absolute atomic E-state index is 12.0. The first-order chi connectivity index (χ1) is 9.69. The molecule has 2 N–H and O–H groups in total. The van der Waals surface area contributed by atoms with E-state index in [1.165, 1.54) is 0 Å². The van der Waals surface area contributed by atoms with Crippen molar-refractivity contribution in [2.24, 2.45) is 0 Å². The van der Waals surface area contributed by atoms with Crippen LogP contribution in [0, 0.1) is 11.3 Å². The molecule has 4 heteroatoms. The highest BCUT2D eigenvalue weighted by Crippen LogP contribution is 2.11. The molecule has 0 unspecified atom stereocenters. The van der Waals surface area contributed by atoms with Crippen molar-refractivity contribution in [2.75, 3.05) is 10.6 Å². The maximum Gasteiger partial charge on any atom is 0.246 e. The number of hydrogen-bond acceptors (Lipinski definition) is 3. The Balaban J connectivity index is 1.95. The van der Waals surface area contributed by atoms with Crippen molar-refractivity contribution in [1.82, 2.24) is 0 Å². The van der Waals surface area contributed by atoms with Gasteiger partial charge in [0.05, 0.1) is 11.6 Å². The summed E-state index contributed by atoms with van der Waals surface area (Å²) in [4.78, 5) is 12.0. The van der Waals surface area contributed by atoms with Crippen molar-refractivity contribution in [3.8, 4) is 6.07 Å². The molecule has 100 valence electrons. The van der Waals surface area contributed by atoms with Gasteiger partial charge in [-0.05, 0) is 43.3 Å². The third-order valence-electron chi connectivity index (χ3n) is 2.83. The van der Waals surface area contributed by atoms with Crippen LogP contribution in [0.4, 0.5) is 11.4 Å². The van der Waals surface area contributed by atoms with E-state index in [4.69, 9.17) is 5.26 Å². The van der Waals surface area contributed by atoms with E-state index in [1.807, 2.05) is 36.4 Å². The van der Waals surface area contributed by atoms with Gasteiger partial charge in [0.2, 0.25) is 5.91 Å². The van der Waals surface area contributed by atoms with E-state index in [0.717, 1.165) is 5.69 Å². The van der Waals surface area contributed by atoms with Gasteiger partial charge in [0, 0.05) is 11.4 Å². The summed E-state index contributed by atoms with van der Waals surface area (Å²) in [6, 6.07) is 18.0. The molecule has 0 spiro atoms. The second kappa shape index (κ2) is 6.39. The second-order valence-electron chi connectivity index (χ2n) is 4.41. The molecule has 1 atom stereocenters. The normalized spacial score (nSPS) is 11.2. The fourth-order valence-corrected chi connectivity index (χ4v) is 1.73. The zero-order chi connectivity index (χ0) is 14.4. The van der Waals surface area contributed by atoms with Gasteiger partial charge in [0.15, 0.2) is 0 Å². The molecule has 0 aliphatic rings. The Labute approximate surface area is 118 Å². The molecule has 0 heterocycles. The number of anilines is 2. The van der Waals surface area contributed by atoms with Gasteiger partial charge in [0.25, 0.3) is 0 Å². The van der Waals surface area contributed by atoms with Crippen molar-refractivity contribution in [3.05, 3.63) is 60.2 Å². The number of nitrogens with one attached hydrogen (secondary N) is 2. The summed E-state index contributed by atoms with van der Waals surface area (Å²) >= 11 is 0. The molecule has 0 aromatic heterocycles. The first-order valence-corrected chi connectivity index (χ1v) is 6.31. The van der Waals surface area contributed by atoms with Crippen LogP contribution >= 0.6 is 0 Å². The number of rotatable bonds is 4. The molecule has 0 saturated carbocycles. The van der Waals surface area contributed by atoms with Crippen molar-refractivity contribution >= 4 is 17.3 Å². The van der Waals surface area contributed by atoms with Crippen LogP contribution in [0.1, 0.15) is 12.5 Å². The maximum atomic E-state index is 12.0. The zero-order valence-corrected chi connectivity index (χ0v) is 11.1. The van der Waals surface area contributed by atoms with Gasteiger partial charge >= 0.3 is 0 Å². The van der Waals surface area contributed by atoms with E-state index >= 15 is 0 Å². The van der Waals surface area contributed by atoms with Crippen molar-refractivity contribution in [3.63, 3.8) is 0 Å². The topological polar surface area (TPSA) is 64.9 Å². The van der Waals surface area contributed by atoms with E-state index in [9.17, 15) is 4.79 Å². The van der Waals surface area contributed by atoms with Gasteiger partial charge in [-0.1, -0.05) is 18.2 Å². The number of carbonyl (C=O) groups excluding carboxylic acids is 1. The molecule has 0 saturated heterocycles. The lowest BCUT2D eigenvalue weighted by atomic mass is 10.2. The monoisotopic (exact) mass is 265 g/mol. The molecule has 2 aromatic rings. The summed E-state index contributed by atoms with van der Waals surface area (Å²) in [5, 5.41) is 14.6. The summed E-state index contributed by atoms with van der Waals surface area (Å²) in [6.45, 7) is 1.80. The molecule has 0 aliphatic carbocycles. The van der Waals surface area contributed by atoms with Crippen molar-refractivity contribution in [1.29, 1.82) is 5.26 Å². The number of nitrogens with zero attached hydrogens (tertiary/aromatic N) is 1. The van der Waals surface area contributed by atoms with E-state index in [1.54, 1.807) is 31.2 Å². The first kappa shape index (κ1) is 13.6. The first-order valence-electron chi connectivity index (χ1n) is 6.31. The summed E-state index contributed by atoms with van der Waals surface area (Å²) in [5.74, 6) is -0.126. The largest absolute Gasteiger partial charge is 0.374 e. The molecular formula is C16H15N3O. The minimum absolute atomic E-state index is 0.126. The number of hydrogen-bond donors (Lipinski definition) is 2. The van der Waals surface area contributed by atoms with Gasteiger partial charge in [-0.25, -0.2) is 0 Å². The van der Waals surface area contributed by atoms with Crippen LogP contribution < -0.4 is 10.6 Å². The van der Waals surface area contributed by atoms with Crippen LogP contribution in [0.25, 0.3) is 0 Å². The lowest BCUT2D eigenvalue weighted by Gasteiger charge is -2.15. The number of carbonyl (C=O) groups is 1. The van der Waals surface area contributed by atoms with Crippen LogP contribution in [-0.4, -0.2) is 11.9 Å². The summed E-state index contributed by atoms with van der Waals surface area (Å²) in [5.41, 5.74) is 2.14. The van der Waals surface area contributed by atoms with Crippen LogP contribution in [0.5, 0.6) is 0 Å². The van der Waals surface area contributed by atoms with Gasteiger partial charge in [0.1, 0.15) is 6.04 Å². The average molecular weight is 265 g/mol. The van der Waals surface area contributed by atoms with E-state index in [0.29, 0.717) is 11.3 Å². The van der Waals surface area contributed by atoms with Gasteiger partial charge < -0.3 is 10.6 Å². The third-order valence-corrected chi connectivity index (χ3v) is 2.83. The highest BCUT2D eigenvalue weighted by atomic mass is 16.2. The lowest BCUT2D eigenvalue weighted by molar-refractivity contribution is -0.116. The Morgan fingerprint density at radius 1 is 1.05 bits per heavy atom. The molecule has 0 radical (unpaired) electrons. The molecule has 0 bridgehead atoms. The number of nitriles is 1. The van der Waals surface area contributed by atoms with E-state index < -0.39 is 0 Å². The van der Waals surface area contributed by atoms with Gasteiger partial charge in [-0.3, -0.25) is 4.79 Å². The fourth-order valence-electron chi connectivity index (χ4n) is 1.73. The van der Waals surface area contributed by atoms with Crippen LogP contribution in [0.3, 0.4) is 0 Å². The summed E-state index contributed by atoms with van der Waals surface area (Å²) in [6.07, 6.45) is 0. The Kier molecular flexibility index (Phi) is 4.35. The molecule has 2 aromatic carbocycles. The SMILES string of the molecule is C[C@@H](Nc1ccccc1)C(=O)Nc1ccc(C#N)cc1. The molecule has 0 fully saturated rings. The quantitative estimate of drug-likeness (QED) is 0.893. The van der Waals surface area contributed by atoms with Crippen LogP contribution in [-0.2, 0) is 4.79 Å². The van der Waals surface area contributed by atoms with E-state index in [2.05, 4.69) is 10.6 Å².